The van der Waals surface area contributed by atoms with Crippen molar-refractivity contribution in [2.75, 3.05) is 5.32 Å². The second-order valence-electron chi connectivity index (χ2n) is 6.50. The number of carbonyl (C=O) groups is 1. The maximum absolute atomic E-state index is 12.6. The predicted octanol–water partition coefficient (Wildman–Crippen LogP) is 4.89. The number of benzene rings is 2. The summed E-state index contributed by atoms with van der Waals surface area (Å²) >= 11 is 0. The quantitative estimate of drug-likeness (QED) is 0.544. The second kappa shape index (κ2) is 7.88. The zero-order valence-electron chi connectivity index (χ0n) is 15.4. The number of anilines is 1. The van der Waals surface area contributed by atoms with E-state index >= 15 is 0 Å². The van der Waals surface area contributed by atoms with Crippen LogP contribution in [0, 0.1) is 6.92 Å². The zero-order chi connectivity index (χ0) is 19.3. The number of carbonyl (C=O) groups excluding carboxylic acids is 1. The summed E-state index contributed by atoms with van der Waals surface area (Å²) in [5.41, 5.74) is 5.29. The van der Waals surface area contributed by atoms with E-state index in [2.05, 4.69) is 15.5 Å². The summed E-state index contributed by atoms with van der Waals surface area (Å²) < 4.78 is 5.57. The molecule has 4 aromatic rings. The molecule has 5 heteroatoms. The molecule has 0 atom stereocenters. The Morgan fingerprint density at radius 2 is 1.68 bits per heavy atom. The first-order chi connectivity index (χ1) is 13.7. The van der Waals surface area contributed by atoms with Gasteiger partial charge in [-0.25, -0.2) is 0 Å². The van der Waals surface area contributed by atoms with E-state index in [1.54, 1.807) is 12.4 Å². The van der Waals surface area contributed by atoms with Crippen molar-refractivity contribution >= 4 is 11.8 Å². The molecule has 0 fully saturated rings. The lowest BCUT2D eigenvalue weighted by Gasteiger charge is -2.07. The highest BCUT2D eigenvalue weighted by Gasteiger charge is 2.22. The van der Waals surface area contributed by atoms with Gasteiger partial charge >= 0.3 is 0 Å². The smallest absolute Gasteiger partial charge is 0.239 e. The standard InChI is InChI=1S/C23H19N3O2/c1-16-7-5-6-10-19(16)22-21(18-11-13-24-14-12-18)23(28-26-22)25-20(27)15-17-8-3-2-4-9-17/h2-14H,15H2,1H3,(H,25,27). The molecule has 2 heterocycles. The number of amides is 1. The van der Waals surface area contributed by atoms with Gasteiger partial charge < -0.3 is 4.52 Å². The van der Waals surface area contributed by atoms with E-state index < -0.39 is 0 Å². The van der Waals surface area contributed by atoms with Crippen molar-refractivity contribution in [3.63, 3.8) is 0 Å². The molecule has 138 valence electrons. The van der Waals surface area contributed by atoms with Crippen molar-refractivity contribution in [2.24, 2.45) is 0 Å². The first-order valence-electron chi connectivity index (χ1n) is 9.02. The van der Waals surface area contributed by atoms with Crippen LogP contribution in [0.1, 0.15) is 11.1 Å². The summed E-state index contributed by atoms with van der Waals surface area (Å²) in [6.45, 7) is 2.02. The van der Waals surface area contributed by atoms with Crippen LogP contribution < -0.4 is 5.32 Å². The molecule has 0 saturated carbocycles. The van der Waals surface area contributed by atoms with Gasteiger partial charge in [-0.2, -0.15) is 0 Å². The molecular formula is C23H19N3O2. The largest absolute Gasteiger partial charge is 0.337 e. The summed E-state index contributed by atoms with van der Waals surface area (Å²) in [7, 11) is 0. The molecule has 0 saturated heterocycles. The molecule has 28 heavy (non-hydrogen) atoms. The van der Waals surface area contributed by atoms with Gasteiger partial charge in [0.05, 0.1) is 12.0 Å². The number of aryl methyl sites for hydroxylation is 1. The van der Waals surface area contributed by atoms with Crippen molar-refractivity contribution < 1.29 is 9.32 Å². The third kappa shape index (κ3) is 3.69. The Balaban J connectivity index is 1.72. The molecule has 5 nitrogen and oxygen atoms in total. The number of hydrogen-bond donors (Lipinski definition) is 1. The van der Waals surface area contributed by atoms with Crippen LogP contribution in [0.25, 0.3) is 22.4 Å². The summed E-state index contributed by atoms with van der Waals surface area (Å²) in [5.74, 6) is 0.180. The van der Waals surface area contributed by atoms with Gasteiger partial charge in [0.15, 0.2) is 0 Å². The average molecular weight is 369 g/mol. The fraction of sp³-hybridized carbons (Fsp3) is 0.0870. The lowest BCUT2D eigenvalue weighted by Crippen LogP contribution is -2.14. The average Bonchev–Trinajstić information content (AvgIpc) is 3.13. The van der Waals surface area contributed by atoms with E-state index in [1.807, 2.05) is 73.7 Å². The predicted molar refractivity (Wildman–Crippen MR) is 109 cm³/mol. The molecule has 1 amide bonds. The Hall–Kier alpha value is -3.73. The number of rotatable bonds is 5. The Kier molecular flexibility index (Phi) is 4.97. The van der Waals surface area contributed by atoms with Gasteiger partial charge in [0.2, 0.25) is 11.8 Å². The van der Waals surface area contributed by atoms with Crippen molar-refractivity contribution in [1.29, 1.82) is 0 Å². The van der Waals surface area contributed by atoms with E-state index in [0.29, 0.717) is 11.6 Å². The molecule has 2 aromatic carbocycles. The van der Waals surface area contributed by atoms with Gasteiger partial charge in [0.25, 0.3) is 0 Å². The Bertz CT molecular complexity index is 1090. The lowest BCUT2D eigenvalue weighted by atomic mass is 9.98. The molecule has 0 aliphatic heterocycles. The second-order valence-corrected chi connectivity index (χ2v) is 6.50. The molecule has 0 spiro atoms. The molecule has 2 aromatic heterocycles. The van der Waals surface area contributed by atoms with E-state index in [1.165, 1.54) is 0 Å². The van der Waals surface area contributed by atoms with Crippen LogP contribution in [0.5, 0.6) is 0 Å². The van der Waals surface area contributed by atoms with Crippen LogP contribution in [0.15, 0.2) is 83.6 Å². The molecule has 0 unspecified atom stereocenters. The normalized spacial score (nSPS) is 10.6. The highest BCUT2D eigenvalue weighted by atomic mass is 16.5. The molecule has 0 aliphatic carbocycles. The number of hydrogen-bond acceptors (Lipinski definition) is 4. The Morgan fingerprint density at radius 3 is 2.43 bits per heavy atom. The SMILES string of the molecule is Cc1ccccc1-c1noc(NC(=O)Cc2ccccc2)c1-c1ccncc1. The van der Waals surface area contributed by atoms with Crippen molar-refractivity contribution in [1.82, 2.24) is 10.1 Å². The molecule has 0 aliphatic rings. The van der Waals surface area contributed by atoms with Gasteiger partial charge in [-0.15, -0.1) is 0 Å². The van der Waals surface area contributed by atoms with Gasteiger partial charge in [-0.3, -0.25) is 15.1 Å². The number of aromatic nitrogens is 2. The van der Waals surface area contributed by atoms with E-state index in [4.69, 9.17) is 4.52 Å². The van der Waals surface area contributed by atoms with Crippen LogP contribution in [0.2, 0.25) is 0 Å². The summed E-state index contributed by atoms with van der Waals surface area (Å²) in [4.78, 5) is 16.7. The van der Waals surface area contributed by atoms with E-state index in [-0.39, 0.29) is 12.3 Å². The van der Waals surface area contributed by atoms with Gasteiger partial charge in [-0.1, -0.05) is 59.8 Å². The first kappa shape index (κ1) is 17.7. The first-order valence-corrected chi connectivity index (χ1v) is 9.02. The zero-order valence-corrected chi connectivity index (χ0v) is 15.4. The highest BCUT2D eigenvalue weighted by molar-refractivity contribution is 5.98. The van der Waals surface area contributed by atoms with E-state index in [0.717, 1.165) is 27.8 Å². The van der Waals surface area contributed by atoms with Crippen LogP contribution >= 0.6 is 0 Å². The summed E-state index contributed by atoms with van der Waals surface area (Å²) in [6, 6.07) is 21.3. The molecule has 0 radical (unpaired) electrons. The van der Waals surface area contributed by atoms with Crippen LogP contribution in [-0.4, -0.2) is 16.0 Å². The fourth-order valence-corrected chi connectivity index (χ4v) is 3.14. The number of pyridine rings is 1. The fourth-order valence-electron chi connectivity index (χ4n) is 3.14. The Labute approximate surface area is 163 Å². The van der Waals surface area contributed by atoms with E-state index in [9.17, 15) is 4.79 Å². The molecule has 1 N–H and O–H groups in total. The summed E-state index contributed by atoms with van der Waals surface area (Å²) in [6.07, 6.45) is 3.68. The maximum atomic E-state index is 12.6. The van der Waals surface area contributed by atoms with Crippen molar-refractivity contribution in [3.8, 4) is 22.4 Å². The highest BCUT2D eigenvalue weighted by Crippen LogP contribution is 2.38. The number of nitrogens with zero attached hydrogens (tertiary/aromatic N) is 2. The van der Waals surface area contributed by atoms with Crippen LogP contribution in [0.3, 0.4) is 0 Å². The molecule has 0 bridgehead atoms. The summed E-state index contributed by atoms with van der Waals surface area (Å²) in [5, 5.41) is 7.15. The minimum absolute atomic E-state index is 0.158. The van der Waals surface area contributed by atoms with Gasteiger partial charge in [0.1, 0.15) is 5.69 Å². The monoisotopic (exact) mass is 369 g/mol. The number of nitrogens with one attached hydrogen (secondary N) is 1. The van der Waals surface area contributed by atoms with Gasteiger partial charge in [0, 0.05) is 18.0 Å². The minimum atomic E-state index is -0.158. The molecule has 4 rings (SSSR count). The third-order valence-corrected chi connectivity index (χ3v) is 4.52. The van der Waals surface area contributed by atoms with Crippen molar-refractivity contribution in [3.05, 3.63) is 90.3 Å². The van der Waals surface area contributed by atoms with Crippen molar-refractivity contribution in [2.45, 2.75) is 13.3 Å². The topological polar surface area (TPSA) is 68.0 Å². The maximum Gasteiger partial charge on any atom is 0.239 e. The minimum Gasteiger partial charge on any atom is -0.337 e. The third-order valence-electron chi connectivity index (χ3n) is 4.52. The van der Waals surface area contributed by atoms with Crippen LogP contribution in [0.4, 0.5) is 5.88 Å². The van der Waals surface area contributed by atoms with Gasteiger partial charge in [-0.05, 0) is 35.7 Å². The molecular weight excluding hydrogens is 350 g/mol. The Morgan fingerprint density at radius 1 is 0.964 bits per heavy atom. The van der Waals surface area contributed by atoms with Crippen LogP contribution in [-0.2, 0) is 11.2 Å². The lowest BCUT2D eigenvalue weighted by molar-refractivity contribution is -0.115.